The van der Waals surface area contributed by atoms with Gasteiger partial charge in [0.15, 0.2) is 0 Å². The number of rotatable bonds is 6. The zero-order valence-electron chi connectivity index (χ0n) is 6.22. The number of alkyl halides is 1. The molecule has 0 radical (unpaired) electrons. The first-order chi connectivity index (χ1) is 5.31. The minimum absolute atomic E-state index is 0.0710. The highest BCUT2D eigenvalue weighted by Gasteiger charge is 1.96. The number of carbonyl (C=O) groups is 1. The minimum atomic E-state index is -0.396. The summed E-state index contributed by atoms with van der Waals surface area (Å²) in [6, 6.07) is 0. The molecule has 0 fully saturated rings. The first kappa shape index (κ1) is 10.9. The van der Waals surface area contributed by atoms with Gasteiger partial charge >= 0.3 is 5.97 Å². The summed E-state index contributed by atoms with van der Waals surface area (Å²) in [5.74, 6) is -0.396. The lowest BCUT2D eigenvalue weighted by Crippen LogP contribution is -2.19. The molecule has 0 aromatic rings. The topological polar surface area (TPSA) is 61.6 Å². The number of nitrogens with two attached hydrogens (primary N) is 1. The van der Waals surface area contributed by atoms with E-state index in [9.17, 15) is 4.79 Å². The molecule has 0 atom stereocenters. The van der Waals surface area contributed by atoms with E-state index < -0.39 is 5.97 Å². The number of halogens is 1. The molecule has 0 saturated heterocycles. The smallest absolute Gasteiger partial charge is 0.319 e. The van der Waals surface area contributed by atoms with Crippen molar-refractivity contribution in [2.45, 2.75) is 0 Å². The zero-order valence-corrected chi connectivity index (χ0v) is 7.80. The summed E-state index contributed by atoms with van der Waals surface area (Å²) >= 11 is 3.19. The Balaban J connectivity index is 2.95. The summed E-state index contributed by atoms with van der Waals surface area (Å²) < 4.78 is 9.65. The lowest BCUT2D eigenvalue weighted by Gasteiger charge is -2.02. The van der Waals surface area contributed by atoms with E-state index in [1.54, 1.807) is 0 Å². The highest BCUT2D eigenvalue weighted by atomic mass is 79.9. The van der Waals surface area contributed by atoms with Gasteiger partial charge in [0.05, 0.1) is 19.8 Å². The van der Waals surface area contributed by atoms with Gasteiger partial charge in [-0.05, 0) is 0 Å². The monoisotopic (exact) mass is 225 g/mol. The van der Waals surface area contributed by atoms with Crippen LogP contribution in [-0.2, 0) is 14.3 Å². The van der Waals surface area contributed by atoms with Crippen molar-refractivity contribution in [1.29, 1.82) is 0 Å². The Morgan fingerprint density at radius 3 is 2.64 bits per heavy atom. The second-order valence-electron chi connectivity index (χ2n) is 1.73. The summed E-state index contributed by atoms with van der Waals surface area (Å²) in [4.78, 5) is 10.4. The van der Waals surface area contributed by atoms with Crippen LogP contribution in [0.25, 0.3) is 0 Å². The highest BCUT2D eigenvalue weighted by molar-refractivity contribution is 9.09. The fraction of sp³-hybridized carbons (Fsp3) is 0.833. The number of carbonyl (C=O) groups excluding carboxylic acids is 1. The summed E-state index contributed by atoms with van der Waals surface area (Å²) in [5.41, 5.74) is 4.99. The summed E-state index contributed by atoms with van der Waals surface area (Å²) in [7, 11) is 0. The fourth-order valence-electron chi connectivity index (χ4n) is 0.430. The van der Waals surface area contributed by atoms with Crippen molar-refractivity contribution < 1.29 is 14.3 Å². The third kappa shape index (κ3) is 7.77. The van der Waals surface area contributed by atoms with Gasteiger partial charge in [0, 0.05) is 5.33 Å². The van der Waals surface area contributed by atoms with Gasteiger partial charge in [-0.25, -0.2) is 0 Å². The van der Waals surface area contributed by atoms with Crippen LogP contribution in [0.1, 0.15) is 0 Å². The predicted molar refractivity (Wildman–Crippen MR) is 44.6 cm³/mol. The minimum Gasteiger partial charge on any atom is -0.462 e. The molecule has 0 aliphatic rings. The number of hydrogen-bond donors (Lipinski definition) is 1. The van der Waals surface area contributed by atoms with Gasteiger partial charge in [0.25, 0.3) is 0 Å². The summed E-state index contributed by atoms with van der Waals surface area (Å²) in [6.07, 6.45) is 0. The third-order valence-corrected chi connectivity index (χ3v) is 1.20. The molecular formula is C6H12BrNO3. The van der Waals surface area contributed by atoms with E-state index in [1.807, 2.05) is 0 Å². The van der Waals surface area contributed by atoms with E-state index in [0.717, 1.165) is 5.33 Å². The van der Waals surface area contributed by atoms with Gasteiger partial charge in [-0.2, -0.15) is 0 Å². The Hall–Kier alpha value is -0.130. The van der Waals surface area contributed by atoms with Crippen molar-refractivity contribution in [2.75, 3.05) is 31.7 Å². The molecule has 0 aromatic heterocycles. The molecule has 0 spiro atoms. The van der Waals surface area contributed by atoms with Crippen molar-refractivity contribution in [3.05, 3.63) is 0 Å². The molecule has 2 N–H and O–H groups in total. The van der Waals surface area contributed by atoms with E-state index in [4.69, 9.17) is 10.5 Å². The molecule has 0 saturated carbocycles. The SMILES string of the molecule is NCC(=O)OCCOCCBr. The van der Waals surface area contributed by atoms with E-state index in [2.05, 4.69) is 20.7 Å². The van der Waals surface area contributed by atoms with Crippen LogP contribution in [0.3, 0.4) is 0 Å². The lowest BCUT2D eigenvalue weighted by molar-refractivity contribution is -0.143. The molecule has 0 aliphatic carbocycles. The van der Waals surface area contributed by atoms with Crippen LogP contribution in [0, 0.1) is 0 Å². The van der Waals surface area contributed by atoms with Crippen LogP contribution in [0.15, 0.2) is 0 Å². The zero-order chi connectivity index (χ0) is 8.53. The quantitative estimate of drug-likeness (QED) is 0.390. The van der Waals surface area contributed by atoms with Crippen LogP contribution in [0.2, 0.25) is 0 Å². The molecule has 0 heterocycles. The predicted octanol–water partition coefficient (Wildman–Crippen LogP) is -0.100. The Morgan fingerprint density at radius 2 is 2.09 bits per heavy atom. The van der Waals surface area contributed by atoms with Crippen LogP contribution in [-0.4, -0.2) is 37.7 Å². The molecule has 0 bridgehead atoms. The average molecular weight is 226 g/mol. The standard InChI is InChI=1S/C6H12BrNO3/c7-1-2-10-3-4-11-6(9)5-8/h1-5,8H2. The van der Waals surface area contributed by atoms with Crippen LogP contribution in [0.4, 0.5) is 0 Å². The van der Waals surface area contributed by atoms with Crippen molar-refractivity contribution in [2.24, 2.45) is 5.73 Å². The van der Waals surface area contributed by atoms with E-state index in [-0.39, 0.29) is 13.2 Å². The number of hydrogen-bond acceptors (Lipinski definition) is 4. The molecular weight excluding hydrogens is 214 g/mol. The number of ether oxygens (including phenoxy) is 2. The molecule has 5 heteroatoms. The maximum absolute atomic E-state index is 10.4. The van der Waals surface area contributed by atoms with Crippen LogP contribution < -0.4 is 5.73 Å². The fourth-order valence-corrected chi connectivity index (χ4v) is 0.659. The molecule has 66 valence electrons. The van der Waals surface area contributed by atoms with Gasteiger partial charge in [-0.3, -0.25) is 4.79 Å². The molecule has 4 nitrogen and oxygen atoms in total. The second kappa shape index (κ2) is 7.97. The maximum atomic E-state index is 10.4. The summed E-state index contributed by atoms with van der Waals surface area (Å²) in [5, 5.41) is 0.790. The molecule has 0 amide bonds. The Labute approximate surface area is 74.2 Å². The molecule has 0 rings (SSSR count). The molecule has 0 unspecified atom stereocenters. The Morgan fingerprint density at radius 1 is 1.36 bits per heavy atom. The maximum Gasteiger partial charge on any atom is 0.319 e. The van der Waals surface area contributed by atoms with Gasteiger partial charge < -0.3 is 15.2 Å². The van der Waals surface area contributed by atoms with E-state index in [1.165, 1.54) is 0 Å². The number of esters is 1. The van der Waals surface area contributed by atoms with Gasteiger partial charge in [-0.1, -0.05) is 15.9 Å². The first-order valence-electron chi connectivity index (χ1n) is 3.30. The Bertz CT molecular complexity index is 110. The highest BCUT2D eigenvalue weighted by Crippen LogP contribution is 1.82. The van der Waals surface area contributed by atoms with Gasteiger partial charge in [0.1, 0.15) is 6.61 Å². The molecule has 0 aliphatic heterocycles. The van der Waals surface area contributed by atoms with Gasteiger partial charge in [0.2, 0.25) is 0 Å². The normalized spacial score (nSPS) is 9.64. The average Bonchev–Trinajstić information content (AvgIpc) is 2.04. The van der Waals surface area contributed by atoms with Crippen molar-refractivity contribution in [3.8, 4) is 0 Å². The second-order valence-corrected chi connectivity index (χ2v) is 2.52. The van der Waals surface area contributed by atoms with Gasteiger partial charge in [-0.15, -0.1) is 0 Å². The first-order valence-corrected chi connectivity index (χ1v) is 4.42. The third-order valence-electron chi connectivity index (χ3n) is 0.879. The van der Waals surface area contributed by atoms with Crippen molar-refractivity contribution in [1.82, 2.24) is 0 Å². The Kier molecular flexibility index (Phi) is 7.88. The molecule has 11 heavy (non-hydrogen) atoms. The van der Waals surface area contributed by atoms with Crippen molar-refractivity contribution in [3.63, 3.8) is 0 Å². The molecule has 0 aromatic carbocycles. The van der Waals surface area contributed by atoms with E-state index in [0.29, 0.717) is 13.2 Å². The van der Waals surface area contributed by atoms with Crippen LogP contribution in [0.5, 0.6) is 0 Å². The largest absolute Gasteiger partial charge is 0.462 e. The lowest BCUT2D eigenvalue weighted by atomic mass is 10.7. The summed E-state index contributed by atoms with van der Waals surface area (Å²) in [6.45, 7) is 1.26. The van der Waals surface area contributed by atoms with Crippen molar-refractivity contribution >= 4 is 21.9 Å². The van der Waals surface area contributed by atoms with Crippen LogP contribution >= 0.6 is 15.9 Å². The van der Waals surface area contributed by atoms with E-state index >= 15 is 0 Å².